The fraction of sp³-hybridized carbons (Fsp3) is 0.286. The van der Waals surface area contributed by atoms with Crippen molar-refractivity contribution in [2.75, 3.05) is 14.2 Å². The summed E-state index contributed by atoms with van der Waals surface area (Å²) in [5.74, 6) is 2.24. The third-order valence-corrected chi connectivity index (χ3v) is 5.14. The Balaban J connectivity index is 1.66. The number of ether oxygens (including phenoxy) is 2. The van der Waals surface area contributed by atoms with Crippen LogP contribution in [0.25, 0.3) is 0 Å². The Kier molecular flexibility index (Phi) is 6.54. The first-order valence-corrected chi connectivity index (χ1v) is 9.61. The van der Waals surface area contributed by atoms with Crippen LogP contribution in [0, 0.1) is 0 Å². The van der Waals surface area contributed by atoms with E-state index < -0.39 is 0 Å². The maximum atomic E-state index is 12.9. The van der Waals surface area contributed by atoms with Crippen molar-refractivity contribution in [1.82, 2.24) is 4.90 Å². The maximum Gasteiger partial charge on any atom is 0.223 e. The van der Waals surface area contributed by atoms with E-state index in [1.165, 1.54) is 0 Å². The Hall–Kier alpha value is -2.73. The number of nitrogens with zero attached hydrogens (tertiary/aromatic N) is 1. The van der Waals surface area contributed by atoms with Gasteiger partial charge in [-0.1, -0.05) is 12.1 Å². The second-order valence-corrected chi connectivity index (χ2v) is 7.13. The molecule has 0 saturated heterocycles. The zero-order valence-corrected chi connectivity index (χ0v) is 16.3. The lowest BCUT2D eigenvalue weighted by Gasteiger charge is -2.21. The molecule has 1 aromatic carbocycles. The van der Waals surface area contributed by atoms with E-state index in [2.05, 4.69) is 0 Å². The molecule has 1 amide bonds. The minimum absolute atomic E-state index is 0.0922. The molecule has 2 heterocycles. The van der Waals surface area contributed by atoms with Crippen LogP contribution in [-0.4, -0.2) is 25.0 Å². The molecule has 3 aromatic rings. The normalized spacial score (nSPS) is 10.6. The molecule has 6 heteroatoms. The van der Waals surface area contributed by atoms with Gasteiger partial charge in [-0.2, -0.15) is 0 Å². The van der Waals surface area contributed by atoms with Crippen molar-refractivity contribution < 1.29 is 18.7 Å². The summed E-state index contributed by atoms with van der Waals surface area (Å²) < 4.78 is 16.0. The zero-order valence-electron chi connectivity index (χ0n) is 15.5. The monoisotopic (exact) mass is 385 g/mol. The van der Waals surface area contributed by atoms with E-state index in [0.29, 0.717) is 37.4 Å². The fourth-order valence-corrected chi connectivity index (χ4v) is 3.58. The summed E-state index contributed by atoms with van der Waals surface area (Å²) >= 11 is 1.65. The Morgan fingerprint density at radius 2 is 1.93 bits per heavy atom. The Bertz CT molecular complexity index is 807. The third-order valence-electron chi connectivity index (χ3n) is 4.28. The molecule has 5 nitrogen and oxygen atoms in total. The van der Waals surface area contributed by atoms with Crippen molar-refractivity contribution in [2.45, 2.75) is 25.9 Å². The summed E-state index contributed by atoms with van der Waals surface area (Å²) in [6, 6.07) is 13.5. The number of carbonyl (C=O) groups is 1. The first-order chi connectivity index (χ1) is 13.2. The summed E-state index contributed by atoms with van der Waals surface area (Å²) in [6.45, 7) is 1.05. The number of hydrogen-bond donors (Lipinski definition) is 0. The van der Waals surface area contributed by atoms with Gasteiger partial charge >= 0.3 is 0 Å². The number of furan rings is 1. The lowest BCUT2D eigenvalue weighted by Crippen LogP contribution is -2.29. The molecular weight excluding hydrogens is 362 g/mol. The Labute approximate surface area is 163 Å². The molecule has 2 aromatic heterocycles. The van der Waals surface area contributed by atoms with E-state index in [1.54, 1.807) is 31.8 Å². The zero-order chi connectivity index (χ0) is 19.1. The minimum Gasteiger partial charge on any atom is -0.493 e. The molecule has 0 unspecified atom stereocenters. The van der Waals surface area contributed by atoms with Crippen LogP contribution < -0.4 is 9.47 Å². The van der Waals surface area contributed by atoms with Crippen LogP contribution in [0.15, 0.2) is 58.5 Å². The second kappa shape index (κ2) is 9.28. The molecule has 0 aliphatic rings. The fourth-order valence-electron chi connectivity index (χ4n) is 2.86. The summed E-state index contributed by atoms with van der Waals surface area (Å²) in [4.78, 5) is 15.9. The van der Waals surface area contributed by atoms with Crippen molar-refractivity contribution in [3.05, 3.63) is 70.3 Å². The van der Waals surface area contributed by atoms with Gasteiger partial charge in [0.25, 0.3) is 0 Å². The van der Waals surface area contributed by atoms with Gasteiger partial charge in [-0.05, 0) is 47.7 Å². The Morgan fingerprint density at radius 1 is 1.07 bits per heavy atom. The smallest absolute Gasteiger partial charge is 0.223 e. The maximum absolute atomic E-state index is 12.9. The van der Waals surface area contributed by atoms with E-state index in [-0.39, 0.29) is 5.91 Å². The predicted molar refractivity (Wildman–Crippen MR) is 105 cm³/mol. The summed E-state index contributed by atoms with van der Waals surface area (Å²) in [6.07, 6.45) is 2.69. The largest absolute Gasteiger partial charge is 0.493 e. The van der Waals surface area contributed by atoms with E-state index in [1.807, 2.05) is 52.7 Å². The summed E-state index contributed by atoms with van der Waals surface area (Å²) in [5, 5.41) is 2.02. The highest BCUT2D eigenvalue weighted by Gasteiger charge is 2.17. The van der Waals surface area contributed by atoms with Gasteiger partial charge in [-0.15, -0.1) is 11.3 Å². The second-order valence-electron chi connectivity index (χ2n) is 6.10. The van der Waals surface area contributed by atoms with Crippen molar-refractivity contribution in [3.8, 4) is 11.5 Å². The van der Waals surface area contributed by atoms with Crippen LogP contribution in [0.1, 0.15) is 22.6 Å². The number of thiophene rings is 1. The van der Waals surface area contributed by atoms with Crippen molar-refractivity contribution in [1.29, 1.82) is 0 Å². The molecule has 3 rings (SSSR count). The first-order valence-electron chi connectivity index (χ1n) is 8.73. The van der Waals surface area contributed by atoms with Crippen molar-refractivity contribution in [2.24, 2.45) is 0 Å². The summed E-state index contributed by atoms with van der Waals surface area (Å²) in [7, 11) is 3.22. The number of amides is 1. The van der Waals surface area contributed by atoms with Gasteiger partial charge in [0.1, 0.15) is 5.76 Å². The number of carbonyl (C=O) groups excluding carboxylic acids is 1. The highest BCUT2D eigenvalue weighted by atomic mass is 32.1. The van der Waals surface area contributed by atoms with Gasteiger partial charge in [0.15, 0.2) is 11.5 Å². The highest BCUT2D eigenvalue weighted by molar-refractivity contribution is 7.09. The van der Waals surface area contributed by atoms with Crippen molar-refractivity contribution >= 4 is 17.2 Å². The first kappa shape index (κ1) is 19.0. The van der Waals surface area contributed by atoms with Gasteiger partial charge in [-0.3, -0.25) is 4.79 Å². The average molecular weight is 385 g/mol. The minimum atomic E-state index is 0.0922. The van der Waals surface area contributed by atoms with Crippen LogP contribution in [0.2, 0.25) is 0 Å². The van der Waals surface area contributed by atoms with Crippen LogP contribution in [-0.2, 0) is 24.3 Å². The topological polar surface area (TPSA) is 51.9 Å². The van der Waals surface area contributed by atoms with Crippen LogP contribution in [0.5, 0.6) is 11.5 Å². The average Bonchev–Trinajstić information content (AvgIpc) is 3.39. The lowest BCUT2D eigenvalue weighted by atomic mass is 10.1. The number of benzene rings is 1. The molecule has 142 valence electrons. The molecule has 0 atom stereocenters. The van der Waals surface area contributed by atoms with Crippen molar-refractivity contribution in [3.63, 3.8) is 0 Å². The van der Waals surface area contributed by atoms with Gasteiger partial charge in [0.2, 0.25) is 5.91 Å². The number of rotatable bonds is 9. The molecule has 0 spiro atoms. The molecule has 0 aliphatic heterocycles. The molecular formula is C21H23NO4S. The highest BCUT2D eigenvalue weighted by Crippen LogP contribution is 2.28. The van der Waals surface area contributed by atoms with E-state index in [4.69, 9.17) is 13.9 Å². The van der Waals surface area contributed by atoms with Gasteiger partial charge in [-0.25, -0.2) is 0 Å². The van der Waals surface area contributed by atoms with Gasteiger partial charge < -0.3 is 18.8 Å². The molecule has 0 aliphatic carbocycles. The molecule has 0 bridgehead atoms. The van der Waals surface area contributed by atoms with Crippen LogP contribution >= 0.6 is 11.3 Å². The quantitative estimate of drug-likeness (QED) is 0.543. The molecule has 0 fully saturated rings. The predicted octanol–water partition coefficient (Wildman–Crippen LogP) is 4.52. The number of methoxy groups -OCH3 is 2. The van der Waals surface area contributed by atoms with E-state index in [9.17, 15) is 4.79 Å². The SMILES string of the molecule is COc1ccc(CCC(=O)N(Cc2ccco2)Cc2cccs2)cc1OC. The van der Waals surface area contributed by atoms with Gasteiger partial charge in [0, 0.05) is 11.3 Å². The van der Waals surface area contributed by atoms with Gasteiger partial charge in [0.05, 0.1) is 33.6 Å². The van der Waals surface area contributed by atoms with Crippen LogP contribution in [0.3, 0.4) is 0 Å². The lowest BCUT2D eigenvalue weighted by molar-refractivity contribution is -0.132. The molecule has 27 heavy (non-hydrogen) atoms. The third kappa shape index (κ3) is 5.14. The summed E-state index contributed by atoms with van der Waals surface area (Å²) in [5.41, 5.74) is 1.04. The standard InChI is InChI=1S/C21H23NO4S/c1-24-19-9-7-16(13-20(19)25-2)8-10-21(23)22(14-17-5-3-11-26-17)15-18-6-4-12-27-18/h3-7,9,11-13H,8,10,14-15H2,1-2H3. The Morgan fingerprint density at radius 3 is 2.59 bits per heavy atom. The molecule has 0 radical (unpaired) electrons. The molecule has 0 saturated carbocycles. The van der Waals surface area contributed by atoms with E-state index in [0.717, 1.165) is 16.2 Å². The number of hydrogen-bond acceptors (Lipinski definition) is 5. The number of aryl methyl sites for hydroxylation is 1. The van der Waals surface area contributed by atoms with Crippen LogP contribution in [0.4, 0.5) is 0 Å². The molecule has 0 N–H and O–H groups in total. The van der Waals surface area contributed by atoms with E-state index >= 15 is 0 Å².